The molecule has 0 bridgehead atoms. The quantitative estimate of drug-likeness (QED) is 0.623. The van der Waals surface area contributed by atoms with Gasteiger partial charge in [0.1, 0.15) is 0 Å². The molecule has 0 saturated heterocycles. The highest BCUT2D eigenvalue weighted by atomic mass is 35.5. The third-order valence-electron chi connectivity index (χ3n) is 4.49. The maximum Gasteiger partial charge on any atom is 0.241 e. The van der Waals surface area contributed by atoms with E-state index in [1.807, 2.05) is 30.3 Å². The first-order valence-electron chi connectivity index (χ1n) is 8.55. The molecule has 0 aliphatic heterocycles. The van der Waals surface area contributed by atoms with Crippen LogP contribution in [-0.2, 0) is 22.0 Å². The molecule has 0 radical (unpaired) electrons. The van der Waals surface area contributed by atoms with Crippen molar-refractivity contribution < 1.29 is 8.42 Å². The highest BCUT2D eigenvalue weighted by molar-refractivity contribution is 7.89. The van der Waals surface area contributed by atoms with Gasteiger partial charge in [-0.1, -0.05) is 69.3 Å². The van der Waals surface area contributed by atoms with Crippen molar-refractivity contribution in [2.24, 2.45) is 0 Å². The van der Waals surface area contributed by atoms with Crippen LogP contribution in [-0.4, -0.2) is 8.42 Å². The van der Waals surface area contributed by atoms with Gasteiger partial charge in [0.05, 0.1) is 4.90 Å². The van der Waals surface area contributed by atoms with E-state index >= 15 is 0 Å². The van der Waals surface area contributed by atoms with Crippen LogP contribution in [0.15, 0.2) is 65.6 Å². The van der Waals surface area contributed by atoms with Crippen LogP contribution in [0.25, 0.3) is 10.8 Å². The van der Waals surface area contributed by atoms with Crippen LogP contribution in [0, 0.1) is 0 Å². The van der Waals surface area contributed by atoms with Crippen LogP contribution in [0.3, 0.4) is 0 Å². The molecule has 4 nitrogen and oxygen atoms in total. The lowest BCUT2D eigenvalue weighted by molar-refractivity contribution is 0.581. The van der Waals surface area contributed by atoms with Gasteiger partial charge in [0.25, 0.3) is 0 Å². The molecule has 3 aromatic rings. The van der Waals surface area contributed by atoms with E-state index in [9.17, 15) is 8.42 Å². The Hall–Kier alpha value is -2.08. The lowest BCUT2D eigenvalue weighted by Gasteiger charge is -2.19. The van der Waals surface area contributed by atoms with Crippen molar-refractivity contribution in [2.75, 3.05) is 5.73 Å². The molecule has 0 spiro atoms. The Morgan fingerprint density at radius 3 is 2.11 bits per heavy atom. The van der Waals surface area contributed by atoms with Gasteiger partial charge >= 0.3 is 0 Å². The van der Waals surface area contributed by atoms with Crippen LogP contribution in [0.5, 0.6) is 0 Å². The molecular formula is C21H25ClN2O2S. The van der Waals surface area contributed by atoms with Crippen molar-refractivity contribution in [1.29, 1.82) is 0 Å². The third kappa shape index (κ3) is 4.61. The van der Waals surface area contributed by atoms with Crippen molar-refractivity contribution in [3.8, 4) is 0 Å². The predicted octanol–water partition coefficient (Wildman–Crippen LogP) is 4.62. The van der Waals surface area contributed by atoms with E-state index in [0.717, 1.165) is 10.9 Å². The Bertz CT molecular complexity index is 1040. The van der Waals surface area contributed by atoms with Crippen molar-refractivity contribution >= 4 is 38.9 Å². The number of sulfonamides is 1. The summed E-state index contributed by atoms with van der Waals surface area (Å²) in [6.07, 6.45) is 0. The molecule has 27 heavy (non-hydrogen) atoms. The SMILES string of the molecule is CC(C)(C)c1ccc(CNS(=O)(=O)c2cccc3c(N)cccc23)cc1.Cl. The third-order valence-corrected chi connectivity index (χ3v) is 5.95. The first-order valence-corrected chi connectivity index (χ1v) is 10.0. The van der Waals surface area contributed by atoms with Gasteiger partial charge in [0, 0.05) is 23.0 Å². The van der Waals surface area contributed by atoms with Gasteiger partial charge < -0.3 is 5.73 Å². The Labute approximate surface area is 167 Å². The smallest absolute Gasteiger partial charge is 0.241 e. The Morgan fingerprint density at radius 2 is 1.48 bits per heavy atom. The second kappa shape index (κ2) is 7.89. The normalized spacial score (nSPS) is 12.0. The Morgan fingerprint density at radius 1 is 0.889 bits per heavy atom. The zero-order valence-electron chi connectivity index (χ0n) is 15.7. The molecule has 0 aliphatic carbocycles. The average Bonchev–Trinajstić information content (AvgIpc) is 2.59. The Kier molecular flexibility index (Phi) is 6.20. The van der Waals surface area contributed by atoms with E-state index in [2.05, 4.69) is 25.5 Å². The standard InChI is InChI=1S/C21H24N2O2S.ClH/c1-21(2,3)16-12-10-15(11-13-16)14-23-26(24,25)20-9-5-6-17-18(20)7-4-8-19(17)22;/h4-13,23H,14,22H2,1-3H3;1H. The van der Waals surface area contributed by atoms with Crippen molar-refractivity contribution in [3.05, 3.63) is 71.8 Å². The lowest BCUT2D eigenvalue weighted by Crippen LogP contribution is -2.23. The predicted molar refractivity (Wildman–Crippen MR) is 115 cm³/mol. The first-order chi connectivity index (χ1) is 12.2. The number of rotatable bonds is 4. The summed E-state index contributed by atoms with van der Waals surface area (Å²) in [6, 6.07) is 18.5. The average molecular weight is 405 g/mol. The van der Waals surface area contributed by atoms with Crippen LogP contribution in [0.1, 0.15) is 31.9 Å². The molecule has 0 fully saturated rings. The summed E-state index contributed by atoms with van der Waals surface area (Å²) >= 11 is 0. The first kappa shape index (κ1) is 21.2. The summed E-state index contributed by atoms with van der Waals surface area (Å²) < 4.78 is 28.3. The molecule has 0 atom stereocenters. The van der Waals surface area contributed by atoms with Crippen LogP contribution >= 0.6 is 12.4 Å². The molecule has 0 unspecified atom stereocenters. The number of nitrogen functional groups attached to an aromatic ring is 1. The highest BCUT2D eigenvalue weighted by Crippen LogP contribution is 2.27. The fraction of sp³-hybridized carbons (Fsp3) is 0.238. The summed E-state index contributed by atoms with van der Waals surface area (Å²) in [6.45, 7) is 6.69. The molecule has 0 aromatic heterocycles. The minimum atomic E-state index is -3.65. The number of anilines is 1. The van der Waals surface area contributed by atoms with Gasteiger partial charge in [-0.3, -0.25) is 0 Å². The molecule has 3 aromatic carbocycles. The minimum absolute atomic E-state index is 0. The van der Waals surface area contributed by atoms with Crippen molar-refractivity contribution in [3.63, 3.8) is 0 Å². The van der Waals surface area contributed by atoms with Gasteiger partial charge in [-0.25, -0.2) is 13.1 Å². The van der Waals surface area contributed by atoms with Crippen molar-refractivity contribution in [1.82, 2.24) is 4.72 Å². The van der Waals surface area contributed by atoms with E-state index in [-0.39, 0.29) is 29.3 Å². The van der Waals surface area contributed by atoms with Crippen molar-refractivity contribution in [2.45, 2.75) is 37.6 Å². The molecule has 0 saturated carbocycles. The molecular weight excluding hydrogens is 380 g/mol. The molecule has 0 amide bonds. The summed E-state index contributed by atoms with van der Waals surface area (Å²) in [7, 11) is -3.65. The molecule has 0 heterocycles. The van der Waals surface area contributed by atoms with Gasteiger partial charge in [-0.2, -0.15) is 0 Å². The lowest BCUT2D eigenvalue weighted by atomic mass is 9.87. The summed E-state index contributed by atoms with van der Waals surface area (Å²) in [4.78, 5) is 0.244. The summed E-state index contributed by atoms with van der Waals surface area (Å²) in [5.74, 6) is 0. The summed E-state index contributed by atoms with van der Waals surface area (Å²) in [5, 5.41) is 1.37. The number of hydrogen-bond donors (Lipinski definition) is 2. The van der Waals surface area contributed by atoms with Gasteiger partial charge in [0.2, 0.25) is 10.0 Å². The largest absolute Gasteiger partial charge is 0.398 e. The topological polar surface area (TPSA) is 72.2 Å². The molecule has 6 heteroatoms. The van der Waals surface area contributed by atoms with E-state index in [1.54, 1.807) is 30.3 Å². The van der Waals surface area contributed by atoms with Crippen LogP contribution in [0.2, 0.25) is 0 Å². The maximum absolute atomic E-state index is 12.8. The Balaban J connectivity index is 0.00000261. The number of benzene rings is 3. The summed E-state index contributed by atoms with van der Waals surface area (Å²) in [5.41, 5.74) is 8.74. The van der Waals surface area contributed by atoms with E-state index in [1.165, 1.54) is 5.56 Å². The molecule has 3 N–H and O–H groups in total. The molecule has 144 valence electrons. The second-order valence-corrected chi connectivity index (χ2v) is 9.21. The number of halogens is 1. The van der Waals surface area contributed by atoms with E-state index in [0.29, 0.717) is 11.1 Å². The number of nitrogens with one attached hydrogen (secondary N) is 1. The van der Waals surface area contributed by atoms with E-state index in [4.69, 9.17) is 5.73 Å². The number of nitrogens with two attached hydrogens (primary N) is 1. The number of fused-ring (bicyclic) bond motifs is 1. The zero-order valence-corrected chi connectivity index (χ0v) is 17.3. The second-order valence-electron chi connectivity index (χ2n) is 7.47. The van der Waals surface area contributed by atoms with Gasteiger partial charge in [0.15, 0.2) is 0 Å². The minimum Gasteiger partial charge on any atom is -0.398 e. The zero-order chi connectivity index (χ0) is 18.9. The fourth-order valence-corrected chi connectivity index (χ4v) is 4.16. The van der Waals surface area contributed by atoms with E-state index < -0.39 is 10.0 Å². The van der Waals surface area contributed by atoms with Gasteiger partial charge in [-0.15, -0.1) is 12.4 Å². The molecule has 0 aliphatic rings. The van der Waals surface area contributed by atoms with Gasteiger partial charge in [-0.05, 0) is 28.7 Å². The van der Waals surface area contributed by atoms with Crippen LogP contribution in [0.4, 0.5) is 5.69 Å². The monoisotopic (exact) mass is 404 g/mol. The maximum atomic E-state index is 12.8. The fourth-order valence-electron chi connectivity index (χ4n) is 2.92. The van der Waals surface area contributed by atoms with Crippen LogP contribution < -0.4 is 10.5 Å². The number of hydrogen-bond acceptors (Lipinski definition) is 3. The molecule has 3 rings (SSSR count). The highest BCUT2D eigenvalue weighted by Gasteiger charge is 2.18.